The molecule has 8 bridgehead atoms. The predicted octanol–water partition coefficient (Wildman–Crippen LogP) is 13.4. The molecule has 2 fully saturated rings. The van der Waals surface area contributed by atoms with Crippen LogP contribution in [0.2, 0.25) is 0 Å². The van der Waals surface area contributed by atoms with Gasteiger partial charge in [-0.15, -0.1) is 0 Å². The second-order valence-electron chi connectivity index (χ2n) is 21.2. The van der Waals surface area contributed by atoms with Crippen LogP contribution in [0.1, 0.15) is 145 Å². The van der Waals surface area contributed by atoms with Crippen LogP contribution in [-0.4, -0.2) is 59.6 Å². The number of anilines is 2. The van der Waals surface area contributed by atoms with Gasteiger partial charge >= 0.3 is 11.9 Å². The Labute approximate surface area is 423 Å². The van der Waals surface area contributed by atoms with E-state index in [-0.39, 0.29) is 69.6 Å². The number of fused-ring (bicyclic) bond motifs is 6. The normalized spacial score (nSPS) is 21.5. The number of benzene rings is 2. The van der Waals surface area contributed by atoms with Crippen molar-refractivity contribution in [1.82, 2.24) is 9.97 Å². The number of methoxy groups -OCH3 is 2. The molecule has 5 aliphatic rings. The van der Waals surface area contributed by atoms with E-state index in [9.17, 15) is 9.59 Å². The number of nitrogens with one attached hydrogen (secondary N) is 4. The maximum absolute atomic E-state index is 17.0. The van der Waals surface area contributed by atoms with E-state index in [0.29, 0.717) is 25.7 Å². The number of ether oxygens (including phenoxy) is 2. The van der Waals surface area contributed by atoms with E-state index in [0.717, 1.165) is 38.5 Å². The summed E-state index contributed by atoms with van der Waals surface area (Å²) in [4.78, 5) is 42.3. The molecule has 2 aromatic heterocycles. The summed E-state index contributed by atoms with van der Waals surface area (Å²) < 4.78 is 144. The Balaban J connectivity index is 1.32. The molecule has 5 heterocycles. The maximum Gasteiger partial charge on any atom is 0.306 e. The molecule has 4 N–H and O–H groups in total. The summed E-state index contributed by atoms with van der Waals surface area (Å²) in [5.74, 6) is -16.6. The van der Waals surface area contributed by atoms with Gasteiger partial charge in [0.2, 0.25) is 0 Å². The number of aromatic amines is 2. The number of hydrogen-bond donors (Lipinski definition) is 4. The Morgan fingerprint density at radius 3 is 1.23 bits per heavy atom. The fourth-order valence-corrected chi connectivity index (χ4v) is 11.5. The van der Waals surface area contributed by atoms with Gasteiger partial charge in [-0.05, 0) is 85.1 Å². The van der Waals surface area contributed by atoms with Gasteiger partial charge in [-0.25, -0.2) is 35.1 Å². The number of aliphatic imine (C=N–C) groups is 2. The van der Waals surface area contributed by atoms with Crippen molar-refractivity contribution in [1.29, 1.82) is 0 Å². The molecule has 2 aliphatic carbocycles. The van der Waals surface area contributed by atoms with Gasteiger partial charge in [0.1, 0.15) is 11.4 Å². The highest BCUT2D eigenvalue weighted by Gasteiger charge is 2.43. The monoisotopic (exact) mass is 1030 g/mol. The summed E-state index contributed by atoms with van der Waals surface area (Å²) in [6.45, 7) is 6.83. The first-order valence-corrected chi connectivity index (χ1v) is 25.0. The van der Waals surface area contributed by atoms with Crippen LogP contribution in [0.25, 0.3) is 11.1 Å². The van der Waals surface area contributed by atoms with Crippen molar-refractivity contribution in [3.8, 4) is 0 Å². The van der Waals surface area contributed by atoms with Gasteiger partial charge in [0.15, 0.2) is 46.5 Å². The lowest BCUT2D eigenvalue weighted by Gasteiger charge is -2.33. The molecule has 0 spiro atoms. The third-order valence-electron chi connectivity index (χ3n) is 15.2. The van der Waals surface area contributed by atoms with Crippen molar-refractivity contribution >= 4 is 45.9 Å². The minimum atomic E-state index is -1.69. The number of nitrogens with zero attached hydrogens (tertiary/aromatic N) is 2. The molecule has 74 heavy (non-hydrogen) atoms. The number of carbonyl (C=O) groups is 2. The first-order valence-electron chi connectivity index (χ1n) is 25.0. The molecule has 4 aromatic rings. The van der Waals surface area contributed by atoms with Crippen LogP contribution in [0.15, 0.2) is 69.9 Å². The molecule has 10 nitrogen and oxygen atoms in total. The fourth-order valence-electron chi connectivity index (χ4n) is 11.5. The minimum Gasteiger partial charge on any atom is -0.469 e. The zero-order valence-electron chi connectivity index (χ0n) is 42.0. The summed E-state index contributed by atoms with van der Waals surface area (Å²) in [5, 5.41) is 5.42. The number of aromatic nitrogens is 2. The number of halogens is 8. The molecule has 0 radical (unpaired) electrons. The van der Waals surface area contributed by atoms with E-state index in [2.05, 4.69) is 20.6 Å². The summed E-state index contributed by atoms with van der Waals surface area (Å²) >= 11 is 0. The van der Waals surface area contributed by atoms with E-state index in [1.165, 1.54) is 50.7 Å². The van der Waals surface area contributed by atoms with Gasteiger partial charge in [-0.3, -0.25) is 19.6 Å². The third kappa shape index (κ3) is 9.64. The van der Waals surface area contributed by atoms with Crippen LogP contribution < -0.4 is 10.6 Å². The summed E-state index contributed by atoms with van der Waals surface area (Å²) in [6.07, 6.45) is 12.4. The summed E-state index contributed by atoms with van der Waals surface area (Å²) in [7, 11) is 2.40. The molecule has 0 unspecified atom stereocenters. The molecule has 2 saturated carbocycles. The van der Waals surface area contributed by atoms with E-state index < -0.39 is 116 Å². The molecule has 0 atom stereocenters. The standard InChI is InChI=1S/C56H58F8N6O4/c1-55(2,25-37(71)73-5)43-33-21-17-29(67-33)39(41-45(57)49(61)53(50(62)46(41)58)65-27-13-9-7-10-14-27)31-19-23-35(69-31)44(56(3,4)26-38(72)74-6)36-24-20-32(70-36)40(30-18-22-34(43)68-30)42-47(59)51(63)54(52(64)48(42)60)66-28-15-11-8-12-16-28/h17-24,27-28,43-44,65-68H,7-16,25-26H2,1-6H3/b39-31+,40-32+. The molecule has 18 heteroatoms. The lowest BCUT2D eigenvalue weighted by atomic mass is 9.71. The number of rotatable bonds is 12. The number of H-pyrrole nitrogens is 2. The van der Waals surface area contributed by atoms with E-state index in [4.69, 9.17) is 19.5 Å². The average molecular weight is 1030 g/mol. The van der Waals surface area contributed by atoms with Gasteiger partial charge in [0.05, 0.1) is 61.0 Å². The van der Waals surface area contributed by atoms with Crippen molar-refractivity contribution in [3.63, 3.8) is 0 Å². The van der Waals surface area contributed by atoms with Crippen LogP contribution >= 0.6 is 0 Å². The quantitative estimate of drug-likeness (QED) is 0.0635. The van der Waals surface area contributed by atoms with Crippen molar-refractivity contribution in [2.75, 3.05) is 24.9 Å². The first kappa shape index (κ1) is 52.2. The van der Waals surface area contributed by atoms with Crippen LogP contribution in [-0.2, 0) is 19.1 Å². The molecular weight excluding hydrogens is 973 g/mol. The lowest BCUT2D eigenvalue weighted by molar-refractivity contribution is -0.144. The Kier molecular flexibility index (Phi) is 14.5. The van der Waals surface area contributed by atoms with Crippen molar-refractivity contribution < 1.29 is 54.2 Å². The molecule has 392 valence electrons. The highest BCUT2D eigenvalue weighted by molar-refractivity contribution is 6.20. The maximum atomic E-state index is 17.0. The highest BCUT2D eigenvalue weighted by atomic mass is 19.2. The van der Waals surface area contributed by atoms with E-state index in [1.807, 2.05) is 0 Å². The van der Waals surface area contributed by atoms with Crippen LogP contribution in [0.4, 0.5) is 46.5 Å². The molecular formula is C56H58F8N6O4. The molecule has 3 aliphatic heterocycles. The van der Waals surface area contributed by atoms with Crippen LogP contribution in [0, 0.1) is 63.3 Å². The minimum absolute atomic E-state index is 0.0599. The zero-order chi connectivity index (χ0) is 53.0. The van der Waals surface area contributed by atoms with Gasteiger partial charge in [0, 0.05) is 57.8 Å². The van der Waals surface area contributed by atoms with Crippen molar-refractivity contribution in [2.45, 2.75) is 123 Å². The second-order valence-corrected chi connectivity index (χ2v) is 21.2. The fraction of sp³-hybridized carbons (Fsp3) is 0.429. The third-order valence-corrected chi connectivity index (χ3v) is 15.2. The lowest BCUT2D eigenvalue weighted by Crippen LogP contribution is -2.37. The number of allylic oxidation sites excluding steroid dienone is 4. The Morgan fingerprint density at radius 2 is 0.878 bits per heavy atom. The van der Waals surface area contributed by atoms with Crippen molar-refractivity contribution in [2.24, 2.45) is 26.7 Å². The summed E-state index contributed by atoms with van der Waals surface area (Å²) in [6, 6.07) is 5.12. The molecule has 9 rings (SSSR count). The SMILES string of the molecule is COC(=O)CC(C)(C)C1C2=N/C(=C(/c3c(F)c(F)c(NC4CCCCC4)c(F)c3F)c3ccc([nH]3)C(C(C)(C)CC(=O)OC)c3ccc([nH]3)/C(c3c(F)c(F)c(NC4CCCCC4)c(F)c3F)=C3/C=CC1=N3)C=C2. The van der Waals surface area contributed by atoms with Gasteiger partial charge < -0.3 is 30.1 Å². The van der Waals surface area contributed by atoms with Crippen LogP contribution in [0.5, 0.6) is 0 Å². The van der Waals surface area contributed by atoms with Crippen molar-refractivity contribution in [3.05, 3.63) is 140 Å². The first-order chi connectivity index (χ1) is 35.2. The molecule has 2 aromatic carbocycles. The van der Waals surface area contributed by atoms with Crippen LogP contribution in [0.3, 0.4) is 0 Å². The second kappa shape index (κ2) is 20.5. The number of esters is 2. The Bertz CT molecular complexity index is 2880. The Hall–Kier alpha value is -6.72. The predicted molar refractivity (Wildman–Crippen MR) is 266 cm³/mol. The van der Waals surface area contributed by atoms with Gasteiger partial charge in [-0.1, -0.05) is 66.2 Å². The van der Waals surface area contributed by atoms with Gasteiger partial charge in [0.25, 0.3) is 0 Å². The number of hydrogen-bond acceptors (Lipinski definition) is 8. The molecule has 0 saturated heterocycles. The van der Waals surface area contributed by atoms with E-state index in [1.54, 1.807) is 39.8 Å². The smallest absolute Gasteiger partial charge is 0.306 e. The average Bonchev–Trinajstić information content (AvgIpc) is 4.24. The largest absolute Gasteiger partial charge is 0.469 e. The van der Waals surface area contributed by atoms with E-state index >= 15 is 35.1 Å². The van der Waals surface area contributed by atoms with Gasteiger partial charge in [-0.2, -0.15) is 0 Å². The molecule has 0 amide bonds. The zero-order valence-corrected chi connectivity index (χ0v) is 42.0. The Morgan fingerprint density at radius 1 is 0.527 bits per heavy atom. The number of carbonyl (C=O) groups excluding carboxylic acids is 2. The topological polar surface area (TPSA) is 133 Å². The summed E-state index contributed by atoms with van der Waals surface area (Å²) in [5.41, 5.74) is -6.69. The highest BCUT2D eigenvalue weighted by Crippen LogP contribution is 2.48.